The average molecular weight is 435 g/mol. The predicted molar refractivity (Wildman–Crippen MR) is 128 cm³/mol. The molecule has 2 heterocycles. The van der Waals surface area contributed by atoms with Crippen molar-refractivity contribution in [2.75, 3.05) is 29.9 Å². The van der Waals surface area contributed by atoms with Crippen LogP contribution in [-0.2, 0) is 6.42 Å². The van der Waals surface area contributed by atoms with Gasteiger partial charge < -0.3 is 19.7 Å². The molecule has 1 fully saturated rings. The van der Waals surface area contributed by atoms with Crippen LogP contribution in [0, 0.1) is 12.3 Å². The lowest BCUT2D eigenvalue weighted by molar-refractivity contribution is 0.0698. The smallest absolute Gasteiger partial charge is 0.337 e. The summed E-state index contributed by atoms with van der Waals surface area (Å²) in [6.45, 7) is 8.78. The van der Waals surface area contributed by atoms with E-state index < -0.39 is 5.97 Å². The minimum atomic E-state index is -0.963. The van der Waals surface area contributed by atoms with Crippen molar-refractivity contribution in [1.29, 1.82) is 0 Å². The van der Waals surface area contributed by atoms with Crippen molar-refractivity contribution in [2.24, 2.45) is 5.41 Å². The molecule has 32 heavy (non-hydrogen) atoms. The second-order valence-electron chi connectivity index (χ2n) is 9.43. The van der Waals surface area contributed by atoms with E-state index in [4.69, 9.17) is 4.42 Å². The topological polar surface area (TPSA) is 82.8 Å². The van der Waals surface area contributed by atoms with Crippen LogP contribution < -0.4 is 15.6 Å². The first-order valence-corrected chi connectivity index (χ1v) is 11.1. The maximum absolute atomic E-state index is 12.9. The van der Waals surface area contributed by atoms with E-state index in [1.807, 2.05) is 25.1 Å². The zero-order chi connectivity index (χ0) is 22.9. The van der Waals surface area contributed by atoms with Gasteiger partial charge in [0.05, 0.1) is 10.9 Å². The predicted octanol–water partition coefficient (Wildman–Crippen LogP) is 5.08. The normalized spacial score (nSPS) is 15.7. The van der Waals surface area contributed by atoms with Crippen LogP contribution in [0.3, 0.4) is 0 Å². The zero-order valence-corrected chi connectivity index (χ0v) is 18.9. The van der Waals surface area contributed by atoms with Crippen molar-refractivity contribution < 1.29 is 14.3 Å². The van der Waals surface area contributed by atoms with Gasteiger partial charge in [-0.3, -0.25) is 4.79 Å². The van der Waals surface area contributed by atoms with E-state index in [9.17, 15) is 14.7 Å². The highest BCUT2D eigenvalue weighted by atomic mass is 16.4. The molecule has 2 aromatic carbocycles. The van der Waals surface area contributed by atoms with Crippen molar-refractivity contribution in [2.45, 2.75) is 40.0 Å². The largest absolute Gasteiger partial charge is 0.478 e. The molecule has 6 heteroatoms. The molecule has 1 saturated heterocycles. The molecule has 2 N–H and O–H groups in total. The summed E-state index contributed by atoms with van der Waals surface area (Å²) in [6.07, 6.45) is 2.72. The number of anilines is 2. The first kappa shape index (κ1) is 21.9. The van der Waals surface area contributed by atoms with E-state index in [0.29, 0.717) is 40.9 Å². The fraction of sp³-hybridized carbons (Fsp3) is 0.385. The van der Waals surface area contributed by atoms with E-state index in [1.165, 1.54) is 0 Å². The third kappa shape index (κ3) is 4.64. The molecule has 168 valence electrons. The number of piperidine rings is 1. The zero-order valence-electron chi connectivity index (χ0n) is 18.9. The number of nitrogens with one attached hydrogen (secondary N) is 1. The monoisotopic (exact) mass is 434 g/mol. The van der Waals surface area contributed by atoms with Crippen LogP contribution in [0.4, 0.5) is 11.6 Å². The third-order valence-electron chi connectivity index (χ3n) is 6.33. The Bertz CT molecular complexity index is 1200. The van der Waals surface area contributed by atoms with Crippen molar-refractivity contribution in [3.8, 4) is 0 Å². The van der Waals surface area contributed by atoms with E-state index in [0.717, 1.165) is 37.1 Å². The number of carboxylic acids is 1. The van der Waals surface area contributed by atoms with Crippen LogP contribution in [0.15, 0.2) is 51.7 Å². The molecule has 0 bridgehead atoms. The van der Waals surface area contributed by atoms with Crippen LogP contribution in [0.25, 0.3) is 11.0 Å². The third-order valence-corrected chi connectivity index (χ3v) is 6.33. The molecule has 1 aromatic heterocycles. The van der Waals surface area contributed by atoms with Gasteiger partial charge in [0.15, 0.2) is 11.3 Å². The fourth-order valence-corrected chi connectivity index (χ4v) is 4.31. The molecular weight excluding hydrogens is 404 g/mol. The number of hydrogen-bond donors (Lipinski definition) is 2. The Morgan fingerprint density at radius 1 is 1.16 bits per heavy atom. The maximum atomic E-state index is 12.9. The summed E-state index contributed by atoms with van der Waals surface area (Å²) in [5.74, 6) is -0.332. The average Bonchev–Trinajstić information content (AvgIpc) is 2.74. The van der Waals surface area contributed by atoms with Gasteiger partial charge in [-0.1, -0.05) is 32.0 Å². The number of aryl methyl sites for hydroxylation is 1. The highest BCUT2D eigenvalue weighted by Crippen LogP contribution is 2.33. The van der Waals surface area contributed by atoms with Crippen molar-refractivity contribution in [1.82, 2.24) is 0 Å². The Hall–Kier alpha value is -3.28. The summed E-state index contributed by atoms with van der Waals surface area (Å²) < 4.78 is 6.31. The number of rotatable bonds is 6. The molecule has 0 spiro atoms. The standard InChI is InChI=1S/C26H30N2O4/c1-17-14-18(8-11-27-21-7-5-4-6-19(21)25(30)31)24-20(15-17)22(29)16-23(32-24)28-12-9-26(2,3)10-13-28/h4-7,14-16,27H,8-13H2,1-3H3,(H,30,31). The Morgan fingerprint density at radius 2 is 1.88 bits per heavy atom. The summed E-state index contributed by atoms with van der Waals surface area (Å²) in [7, 11) is 0. The van der Waals surface area contributed by atoms with Crippen molar-refractivity contribution >= 4 is 28.5 Å². The maximum Gasteiger partial charge on any atom is 0.337 e. The Labute approximate surface area is 187 Å². The van der Waals surface area contributed by atoms with Gasteiger partial charge in [0.25, 0.3) is 0 Å². The van der Waals surface area contributed by atoms with Gasteiger partial charge in [-0.2, -0.15) is 0 Å². The number of fused-ring (bicyclic) bond motifs is 1. The number of hydrogen-bond acceptors (Lipinski definition) is 5. The number of carbonyl (C=O) groups is 1. The second kappa shape index (κ2) is 8.69. The number of benzene rings is 2. The molecule has 0 unspecified atom stereocenters. The van der Waals surface area contributed by atoms with Crippen molar-refractivity contribution in [3.63, 3.8) is 0 Å². The van der Waals surface area contributed by atoms with E-state index >= 15 is 0 Å². The number of aromatic carboxylic acids is 1. The lowest BCUT2D eigenvalue weighted by atomic mass is 9.83. The second-order valence-corrected chi connectivity index (χ2v) is 9.43. The minimum Gasteiger partial charge on any atom is -0.478 e. The van der Waals surface area contributed by atoms with Crippen LogP contribution in [0.5, 0.6) is 0 Å². The Morgan fingerprint density at radius 3 is 2.59 bits per heavy atom. The van der Waals surface area contributed by atoms with E-state index in [2.05, 4.69) is 24.1 Å². The van der Waals surface area contributed by atoms with Gasteiger partial charge in [-0.25, -0.2) is 4.79 Å². The number of carboxylic acid groups (broad SMARTS) is 1. The van der Waals surface area contributed by atoms with E-state index in [-0.39, 0.29) is 11.0 Å². The molecule has 6 nitrogen and oxygen atoms in total. The summed E-state index contributed by atoms with van der Waals surface area (Å²) in [6, 6.07) is 12.4. The molecule has 0 aliphatic carbocycles. The van der Waals surface area contributed by atoms with Gasteiger partial charge in [0.1, 0.15) is 5.58 Å². The molecular formula is C26H30N2O4. The first-order chi connectivity index (χ1) is 15.2. The van der Waals surface area contributed by atoms with Gasteiger partial charge in [-0.05, 0) is 60.9 Å². The minimum absolute atomic E-state index is 0.0276. The summed E-state index contributed by atoms with van der Waals surface area (Å²) in [5.41, 5.74) is 3.66. The molecule has 3 aromatic rings. The lowest BCUT2D eigenvalue weighted by Gasteiger charge is -2.37. The Kier molecular flexibility index (Phi) is 5.96. The summed E-state index contributed by atoms with van der Waals surface area (Å²) in [4.78, 5) is 26.5. The van der Waals surface area contributed by atoms with Gasteiger partial charge in [0, 0.05) is 31.4 Å². The first-order valence-electron chi connectivity index (χ1n) is 11.1. The number of nitrogens with zero attached hydrogens (tertiary/aromatic N) is 1. The number of para-hydroxylation sites is 1. The molecule has 0 atom stereocenters. The van der Waals surface area contributed by atoms with Crippen molar-refractivity contribution in [3.05, 3.63) is 69.4 Å². The molecule has 0 radical (unpaired) electrons. The van der Waals surface area contributed by atoms with Crippen LogP contribution in [0.1, 0.15) is 48.2 Å². The highest BCUT2D eigenvalue weighted by molar-refractivity contribution is 5.94. The quantitative estimate of drug-likeness (QED) is 0.563. The highest BCUT2D eigenvalue weighted by Gasteiger charge is 2.27. The fourth-order valence-electron chi connectivity index (χ4n) is 4.31. The van der Waals surface area contributed by atoms with Gasteiger partial charge in [-0.15, -0.1) is 0 Å². The van der Waals surface area contributed by atoms with Gasteiger partial charge >= 0.3 is 5.97 Å². The van der Waals surface area contributed by atoms with Gasteiger partial charge in [0.2, 0.25) is 0 Å². The van der Waals surface area contributed by atoms with Crippen LogP contribution in [-0.4, -0.2) is 30.7 Å². The molecule has 1 aliphatic rings. The van der Waals surface area contributed by atoms with Crippen LogP contribution in [0.2, 0.25) is 0 Å². The summed E-state index contributed by atoms with van der Waals surface area (Å²) in [5, 5.41) is 13.2. The van der Waals surface area contributed by atoms with E-state index in [1.54, 1.807) is 24.3 Å². The molecule has 4 rings (SSSR count). The lowest BCUT2D eigenvalue weighted by Crippen LogP contribution is -2.37. The molecule has 0 amide bonds. The van der Waals surface area contributed by atoms with Crippen LogP contribution >= 0.6 is 0 Å². The Balaban J connectivity index is 1.61. The molecule has 1 aliphatic heterocycles. The summed E-state index contributed by atoms with van der Waals surface area (Å²) >= 11 is 0. The SMILES string of the molecule is Cc1cc(CCNc2ccccc2C(=O)O)c2oc(N3CCC(C)(C)CC3)cc(=O)c2c1. The molecule has 0 saturated carbocycles.